The van der Waals surface area contributed by atoms with Gasteiger partial charge in [-0.1, -0.05) is 23.2 Å². The molecule has 0 bridgehead atoms. The summed E-state index contributed by atoms with van der Waals surface area (Å²) < 4.78 is 1.85. The molecule has 0 atom stereocenters. The van der Waals surface area contributed by atoms with E-state index in [2.05, 4.69) is 30.5 Å². The van der Waals surface area contributed by atoms with Crippen LogP contribution in [0.5, 0.6) is 0 Å². The maximum atomic E-state index is 6.60. The van der Waals surface area contributed by atoms with E-state index >= 15 is 0 Å². The second-order valence-corrected chi connectivity index (χ2v) is 8.52. The molecule has 3 aromatic heterocycles. The summed E-state index contributed by atoms with van der Waals surface area (Å²) in [6.07, 6.45) is 8.51. The van der Waals surface area contributed by atoms with Crippen molar-refractivity contribution < 1.29 is 0 Å². The average molecular weight is 441 g/mol. The summed E-state index contributed by atoms with van der Waals surface area (Å²) >= 11 is 13.1. The molecule has 0 radical (unpaired) electrons. The van der Waals surface area contributed by atoms with Crippen LogP contribution >= 0.6 is 23.2 Å². The van der Waals surface area contributed by atoms with E-state index < -0.39 is 0 Å². The van der Waals surface area contributed by atoms with E-state index in [1.54, 1.807) is 12.4 Å². The summed E-state index contributed by atoms with van der Waals surface area (Å²) in [7, 11) is 0. The van der Waals surface area contributed by atoms with Gasteiger partial charge in [-0.2, -0.15) is 10.2 Å². The predicted octanol–water partition coefficient (Wildman–Crippen LogP) is 4.50. The van der Waals surface area contributed by atoms with Gasteiger partial charge >= 0.3 is 0 Å². The van der Waals surface area contributed by atoms with Crippen molar-refractivity contribution in [1.29, 1.82) is 0 Å². The van der Waals surface area contributed by atoms with Gasteiger partial charge in [0.15, 0.2) is 5.15 Å². The Hall–Kier alpha value is -2.84. The van der Waals surface area contributed by atoms with Crippen LogP contribution in [0.1, 0.15) is 30.1 Å². The van der Waals surface area contributed by atoms with Crippen LogP contribution in [-0.4, -0.2) is 36.5 Å². The first-order valence-corrected chi connectivity index (χ1v) is 10.6. The number of aromatic nitrogens is 6. The van der Waals surface area contributed by atoms with Gasteiger partial charge in [0, 0.05) is 42.4 Å². The minimum Gasteiger partial charge on any atom is -0.365 e. The molecule has 8 nitrogen and oxygen atoms in total. The molecule has 4 aromatic rings. The van der Waals surface area contributed by atoms with Crippen molar-refractivity contribution in [3.05, 3.63) is 52.2 Å². The minimum atomic E-state index is 0.413. The molecule has 1 saturated carbocycles. The number of halogens is 2. The van der Waals surface area contributed by atoms with Gasteiger partial charge in [-0.3, -0.25) is 5.10 Å². The number of nitrogens with one attached hydrogen (secondary N) is 2. The van der Waals surface area contributed by atoms with Crippen molar-refractivity contribution in [1.82, 2.24) is 29.9 Å². The van der Waals surface area contributed by atoms with Crippen LogP contribution in [0.4, 0.5) is 17.3 Å². The molecule has 1 aliphatic heterocycles. The molecule has 1 aromatic carbocycles. The van der Waals surface area contributed by atoms with Crippen LogP contribution in [0.3, 0.4) is 0 Å². The Morgan fingerprint density at radius 1 is 1.13 bits per heavy atom. The molecule has 30 heavy (non-hydrogen) atoms. The highest BCUT2D eigenvalue weighted by Crippen LogP contribution is 2.39. The molecule has 0 amide bonds. The Morgan fingerprint density at radius 3 is 2.90 bits per heavy atom. The van der Waals surface area contributed by atoms with E-state index in [4.69, 9.17) is 28.2 Å². The summed E-state index contributed by atoms with van der Waals surface area (Å²) in [5, 5.41) is 16.9. The molecule has 0 unspecified atom stereocenters. The van der Waals surface area contributed by atoms with Gasteiger partial charge in [-0.05, 0) is 25.0 Å². The molecule has 2 N–H and O–H groups in total. The van der Waals surface area contributed by atoms with E-state index in [1.807, 2.05) is 23.0 Å². The topological polar surface area (TPSA) is 87.5 Å². The Bertz CT molecular complexity index is 1260. The largest absolute Gasteiger partial charge is 0.365 e. The van der Waals surface area contributed by atoms with Crippen LogP contribution in [0, 0.1) is 0 Å². The van der Waals surface area contributed by atoms with Crippen LogP contribution in [0.25, 0.3) is 10.9 Å². The summed E-state index contributed by atoms with van der Waals surface area (Å²) in [4.78, 5) is 11.4. The lowest BCUT2D eigenvalue weighted by atomic mass is 10.1. The van der Waals surface area contributed by atoms with E-state index in [-0.39, 0.29) is 0 Å². The number of rotatable bonds is 4. The van der Waals surface area contributed by atoms with Gasteiger partial charge in [0.05, 0.1) is 40.3 Å². The zero-order chi connectivity index (χ0) is 20.2. The quantitative estimate of drug-likeness (QED) is 0.485. The molecule has 6 rings (SSSR count). The van der Waals surface area contributed by atoms with Crippen molar-refractivity contribution in [2.45, 2.75) is 31.8 Å². The standard InChI is InChI=1S/C20H18Cl2N8/c21-14-5-11-7-23-20(27-17-9-25-30(19(17)22)13-1-2-13)26-16(11)6-18(14)29-4-3-15-12(10-29)8-24-28-15/h5-9,13H,1-4,10H2,(H,24,28)(H,23,26,27). The third-order valence-corrected chi connectivity index (χ3v) is 6.34. The molecular formula is C20H18Cl2N8. The van der Waals surface area contributed by atoms with Gasteiger partial charge in [0.2, 0.25) is 5.95 Å². The normalized spacial score (nSPS) is 16.1. The molecule has 10 heteroatoms. The second-order valence-electron chi connectivity index (χ2n) is 7.75. The molecule has 4 heterocycles. The monoisotopic (exact) mass is 440 g/mol. The first kappa shape index (κ1) is 18.0. The fourth-order valence-electron chi connectivity index (χ4n) is 3.90. The number of hydrogen-bond donors (Lipinski definition) is 2. The minimum absolute atomic E-state index is 0.413. The number of hydrogen-bond acceptors (Lipinski definition) is 6. The third kappa shape index (κ3) is 3.07. The zero-order valence-corrected chi connectivity index (χ0v) is 17.5. The lowest BCUT2D eigenvalue weighted by Crippen LogP contribution is -2.30. The highest BCUT2D eigenvalue weighted by atomic mass is 35.5. The van der Waals surface area contributed by atoms with Crippen molar-refractivity contribution in [2.75, 3.05) is 16.8 Å². The van der Waals surface area contributed by atoms with Gasteiger partial charge in [0.25, 0.3) is 0 Å². The van der Waals surface area contributed by atoms with E-state index in [0.717, 1.165) is 48.9 Å². The zero-order valence-electron chi connectivity index (χ0n) is 15.9. The molecule has 2 aliphatic rings. The first-order valence-electron chi connectivity index (χ1n) is 9.88. The number of aromatic amines is 1. The maximum absolute atomic E-state index is 6.60. The van der Waals surface area contributed by atoms with Crippen LogP contribution in [0.15, 0.2) is 30.7 Å². The predicted molar refractivity (Wildman–Crippen MR) is 117 cm³/mol. The fraction of sp³-hybridized carbons (Fsp3) is 0.300. The summed E-state index contributed by atoms with van der Waals surface area (Å²) in [6, 6.07) is 4.35. The van der Waals surface area contributed by atoms with Crippen LogP contribution in [0.2, 0.25) is 10.2 Å². The molecule has 1 aliphatic carbocycles. The second kappa shape index (κ2) is 6.85. The molecule has 1 fully saturated rings. The Morgan fingerprint density at radius 2 is 2.03 bits per heavy atom. The SMILES string of the molecule is Clc1cc2cnc(Nc3cnn(C4CC4)c3Cl)nc2cc1N1CCc2[nH]ncc2C1. The number of fused-ring (bicyclic) bond motifs is 2. The molecular weight excluding hydrogens is 423 g/mol. The molecule has 0 saturated heterocycles. The highest BCUT2D eigenvalue weighted by molar-refractivity contribution is 6.34. The van der Waals surface area contributed by atoms with Crippen LogP contribution in [-0.2, 0) is 13.0 Å². The van der Waals surface area contributed by atoms with Gasteiger partial charge < -0.3 is 10.2 Å². The molecule has 152 valence electrons. The average Bonchev–Trinajstić information content (AvgIpc) is 3.37. The lowest BCUT2D eigenvalue weighted by Gasteiger charge is -2.29. The van der Waals surface area contributed by atoms with Crippen molar-refractivity contribution in [3.8, 4) is 0 Å². The maximum Gasteiger partial charge on any atom is 0.227 e. The summed E-state index contributed by atoms with van der Waals surface area (Å²) in [6.45, 7) is 1.63. The van der Waals surface area contributed by atoms with E-state index in [1.165, 1.54) is 11.3 Å². The fourth-order valence-corrected chi connectivity index (χ4v) is 4.46. The highest BCUT2D eigenvalue weighted by Gasteiger charge is 2.27. The smallest absolute Gasteiger partial charge is 0.227 e. The summed E-state index contributed by atoms with van der Waals surface area (Å²) in [5.74, 6) is 0.476. The third-order valence-electron chi connectivity index (χ3n) is 5.66. The van der Waals surface area contributed by atoms with Crippen molar-refractivity contribution in [3.63, 3.8) is 0 Å². The van der Waals surface area contributed by atoms with Crippen molar-refractivity contribution in [2.24, 2.45) is 0 Å². The first-order chi connectivity index (χ1) is 14.7. The number of anilines is 3. The van der Waals surface area contributed by atoms with Gasteiger partial charge in [0.1, 0.15) is 0 Å². The number of nitrogens with zero attached hydrogens (tertiary/aromatic N) is 6. The lowest BCUT2D eigenvalue weighted by molar-refractivity contribution is 0.643. The number of benzene rings is 1. The van der Waals surface area contributed by atoms with E-state index in [9.17, 15) is 0 Å². The van der Waals surface area contributed by atoms with Gasteiger partial charge in [-0.25, -0.2) is 14.6 Å². The van der Waals surface area contributed by atoms with Crippen molar-refractivity contribution >= 4 is 51.4 Å². The Balaban J connectivity index is 1.32. The molecule has 0 spiro atoms. The summed E-state index contributed by atoms with van der Waals surface area (Å²) in [5.41, 5.74) is 4.88. The van der Waals surface area contributed by atoms with E-state index in [0.29, 0.717) is 27.9 Å². The van der Waals surface area contributed by atoms with Gasteiger partial charge in [-0.15, -0.1) is 0 Å². The number of H-pyrrole nitrogens is 1. The Kier molecular flexibility index (Phi) is 4.10. The Labute approximate surface area is 182 Å². The van der Waals surface area contributed by atoms with Crippen LogP contribution < -0.4 is 10.2 Å².